The van der Waals surface area contributed by atoms with Gasteiger partial charge in [-0.3, -0.25) is 0 Å². The van der Waals surface area contributed by atoms with Crippen LogP contribution in [0.3, 0.4) is 0 Å². The summed E-state index contributed by atoms with van der Waals surface area (Å²) in [5.41, 5.74) is 2.72. The fourth-order valence-corrected chi connectivity index (χ4v) is 3.60. The molecule has 0 spiro atoms. The molecule has 3 rings (SSSR count). The zero-order valence-electron chi connectivity index (χ0n) is 14.7. The predicted molar refractivity (Wildman–Crippen MR) is 96.5 cm³/mol. The van der Waals surface area contributed by atoms with Gasteiger partial charge in [0.2, 0.25) is 0 Å². The summed E-state index contributed by atoms with van der Waals surface area (Å²) in [5.74, 6) is -1.48. The third-order valence-electron chi connectivity index (χ3n) is 4.86. The van der Waals surface area contributed by atoms with Crippen molar-refractivity contribution in [1.82, 2.24) is 10.6 Å². The Morgan fingerprint density at radius 1 is 1.19 bits per heavy atom. The minimum atomic E-state index is -1.30. The molecular weight excluding hydrogens is 354 g/mol. The van der Waals surface area contributed by atoms with Crippen LogP contribution in [-0.2, 0) is 12.8 Å². The number of carbonyl (C=O) groups is 1. The molecule has 0 radical (unpaired) electrons. The van der Waals surface area contributed by atoms with Crippen molar-refractivity contribution >= 4 is 6.09 Å². The SMILES string of the molecule is O=C(O)N[C@@H](Cc1cc(F)cc(F)c1)[C@@H](O)CN[C@H]1CCc2ccccc21. The Balaban J connectivity index is 1.65. The van der Waals surface area contributed by atoms with Crippen molar-refractivity contribution in [2.75, 3.05) is 6.54 Å². The fourth-order valence-electron chi connectivity index (χ4n) is 3.60. The Morgan fingerprint density at radius 2 is 1.89 bits per heavy atom. The van der Waals surface area contributed by atoms with Gasteiger partial charge >= 0.3 is 6.09 Å². The van der Waals surface area contributed by atoms with E-state index in [-0.39, 0.29) is 24.6 Å². The zero-order valence-corrected chi connectivity index (χ0v) is 14.7. The molecule has 1 aliphatic carbocycles. The van der Waals surface area contributed by atoms with E-state index in [9.17, 15) is 18.7 Å². The van der Waals surface area contributed by atoms with Crippen LogP contribution in [0.5, 0.6) is 0 Å². The lowest BCUT2D eigenvalue weighted by molar-refractivity contribution is 0.115. The van der Waals surface area contributed by atoms with E-state index in [4.69, 9.17) is 5.11 Å². The van der Waals surface area contributed by atoms with Crippen LogP contribution in [0, 0.1) is 11.6 Å². The molecule has 7 heteroatoms. The number of aliphatic hydroxyl groups is 1. The summed E-state index contributed by atoms with van der Waals surface area (Å²) in [6, 6.07) is 10.3. The number of hydrogen-bond donors (Lipinski definition) is 4. The average Bonchev–Trinajstić information content (AvgIpc) is 3.01. The fraction of sp³-hybridized carbons (Fsp3) is 0.350. The van der Waals surface area contributed by atoms with E-state index < -0.39 is 29.9 Å². The Bertz CT molecular complexity index is 795. The Kier molecular flexibility index (Phi) is 6.03. The molecule has 0 heterocycles. The largest absolute Gasteiger partial charge is 0.465 e. The van der Waals surface area contributed by atoms with Gasteiger partial charge in [0.15, 0.2) is 0 Å². The van der Waals surface area contributed by atoms with Crippen molar-refractivity contribution in [3.63, 3.8) is 0 Å². The molecule has 2 aromatic carbocycles. The molecule has 0 bridgehead atoms. The molecule has 1 amide bonds. The number of carboxylic acid groups (broad SMARTS) is 1. The van der Waals surface area contributed by atoms with Crippen LogP contribution in [0.25, 0.3) is 0 Å². The Morgan fingerprint density at radius 3 is 2.59 bits per heavy atom. The summed E-state index contributed by atoms with van der Waals surface area (Å²) >= 11 is 0. The quantitative estimate of drug-likeness (QED) is 0.599. The minimum Gasteiger partial charge on any atom is -0.465 e. The van der Waals surface area contributed by atoms with Crippen molar-refractivity contribution in [2.24, 2.45) is 0 Å². The van der Waals surface area contributed by atoms with E-state index in [0.29, 0.717) is 0 Å². The maximum atomic E-state index is 13.4. The Hall–Kier alpha value is -2.51. The molecular formula is C20H22F2N2O3. The number of hydrogen-bond acceptors (Lipinski definition) is 3. The summed E-state index contributed by atoms with van der Waals surface area (Å²) in [7, 11) is 0. The van der Waals surface area contributed by atoms with Crippen LogP contribution in [0.15, 0.2) is 42.5 Å². The maximum Gasteiger partial charge on any atom is 0.404 e. The molecule has 5 nitrogen and oxygen atoms in total. The second-order valence-electron chi connectivity index (χ2n) is 6.80. The van der Waals surface area contributed by atoms with Gasteiger partial charge in [0.1, 0.15) is 11.6 Å². The standard InChI is InChI=1S/C20H22F2N2O3/c21-14-7-12(8-15(22)10-14)9-18(24-20(26)27)19(25)11-23-17-6-5-13-3-1-2-4-16(13)17/h1-4,7-8,10,17-19,23-25H,5-6,9,11H2,(H,26,27)/t17-,18-,19-/m0/s1. The maximum absolute atomic E-state index is 13.4. The number of benzene rings is 2. The van der Waals surface area contributed by atoms with Crippen LogP contribution in [0.2, 0.25) is 0 Å². The van der Waals surface area contributed by atoms with Crippen LogP contribution in [0.1, 0.15) is 29.2 Å². The number of aryl methyl sites for hydroxylation is 1. The molecule has 3 atom stereocenters. The molecule has 1 aliphatic rings. The number of fused-ring (bicyclic) bond motifs is 1. The molecule has 0 aromatic heterocycles. The van der Waals surface area contributed by atoms with E-state index in [0.717, 1.165) is 31.0 Å². The first kappa shape index (κ1) is 19.3. The van der Waals surface area contributed by atoms with E-state index >= 15 is 0 Å². The van der Waals surface area contributed by atoms with Gasteiger partial charge < -0.3 is 20.8 Å². The molecule has 0 saturated carbocycles. The first-order valence-electron chi connectivity index (χ1n) is 8.86. The highest BCUT2D eigenvalue weighted by atomic mass is 19.1. The summed E-state index contributed by atoms with van der Waals surface area (Å²) in [6.07, 6.45) is -0.533. The summed E-state index contributed by atoms with van der Waals surface area (Å²) in [4.78, 5) is 11.1. The Labute approximate surface area is 156 Å². The number of rotatable bonds is 7. The number of halogens is 2. The highest BCUT2D eigenvalue weighted by molar-refractivity contribution is 5.65. The average molecular weight is 376 g/mol. The molecule has 4 N–H and O–H groups in total. The van der Waals surface area contributed by atoms with Crippen LogP contribution >= 0.6 is 0 Å². The van der Waals surface area contributed by atoms with Gasteiger partial charge in [-0.1, -0.05) is 24.3 Å². The lowest BCUT2D eigenvalue weighted by Crippen LogP contribution is -2.48. The molecule has 2 aromatic rings. The van der Waals surface area contributed by atoms with Gasteiger partial charge in [0.05, 0.1) is 12.1 Å². The number of nitrogens with one attached hydrogen (secondary N) is 2. The lowest BCUT2D eigenvalue weighted by atomic mass is 10.0. The van der Waals surface area contributed by atoms with Crippen molar-refractivity contribution < 1.29 is 23.8 Å². The normalized spacial score (nSPS) is 18.0. The minimum absolute atomic E-state index is 0.0227. The summed E-state index contributed by atoms with van der Waals surface area (Å²) < 4.78 is 26.8. The highest BCUT2D eigenvalue weighted by Crippen LogP contribution is 2.30. The molecule has 144 valence electrons. The van der Waals surface area contributed by atoms with E-state index in [1.54, 1.807) is 0 Å². The lowest BCUT2D eigenvalue weighted by Gasteiger charge is -2.25. The van der Waals surface area contributed by atoms with Crippen molar-refractivity contribution in [2.45, 2.75) is 37.5 Å². The van der Waals surface area contributed by atoms with Crippen molar-refractivity contribution in [3.8, 4) is 0 Å². The first-order chi connectivity index (χ1) is 12.9. The molecule has 0 unspecified atom stereocenters. The van der Waals surface area contributed by atoms with Crippen LogP contribution in [0.4, 0.5) is 13.6 Å². The smallest absolute Gasteiger partial charge is 0.404 e. The van der Waals surface area contributed by atoms with Gasteiger partial charge in [-0.05, 0) is 48.1 Å². The number of aliphatic hydroxyl groups excluding tert-OH is 1. The molecule has 0 aliphatic heterocycles. The van der Waals surface area contributed by atoms with E-state index in [1.165, 1.54) is 11.1 Å². The third-order valence-corrected chi connectivity index (χ3v) is 4.86. The monoisotopic (exact) mass is 376 g/mol. The second-order valence-corrected chi connectivity index (χ2v) is 6.80. The van der Waals surface area contributed by atoms with Crippen molar-refractivity contribution in [3.05, 3.63) is 70.8 Å². The van der Waals surface area contributed by atoms with Crippen LogP contribution < -0.4 is 10.6 Å². The van der Waals surface area contributed by atoms with Crippen molar-refractivity contribution in [1.29, 1.82) is 0 Å². The molecule has 27 heavy (non-hydrogen) atoms. The summed E-state index contributed by atoms with van der Waals surface area (Å²) in [5, 5.41) is 25.0. The van der Waals surface area contributed by atoms with Gasteiger partial charge in [-0.15, -0.1) is 0 Å². The third kappa shape index (κ3) is 5.02. The van der Waals surface area contributed by atoms with E-state index in [2.05, 4.69) is 16.7 Å². The van der Waals surface area contributed by atoms with Gasteiger partial charge in [0.25, 0.3) is 0 Å². The van der Waals surface area contributed by atoms with Gasteiger partial charge in [0, 0.05) is 18.7 Å². The molecule has 0 saturated heterocycles. The topological polar surface area (TPSA) is 81.6 Å². The number of amides is 1. The van der Waals surface area contributed by atoms with E-state index in [1.807, 2.05) is 18.2 Å². The molecule has 0 fully saturated rings. The predicted octanol–water partition coefficient (Wildman–Crippen LogP) is 2.78. The highest BCUT2D eigenvalue weighted by Gasteiger charge is 2.26. The van der Waals surface area contributed by atoms with Gasteiger partial charge in [-0.2, -0.15) is 0 Å². The van der Waals surface area contributed by atoms with Gasteiger partial charge in [-0.25, -0.2) is 13.6 Å². The second kappa shape index (κ2) is 8.45. The zero-order chi connectivity index (χ0) is 19.4. The first-order valence-corrected chi connectivity index (χ1v) is 8.86. The summed E-state index contributed by atoms with van der Waals surface area (Å²) in [6.45, 7) is 0.155. The van der Waals surface area contributed by atoms with Crippen LogP contribution in [-0.4, -0.2) is 35.0 Å².